The van der Waals surface area contributed by atoms with Gasteiger partial charge in [0, 0.05) is 17.7 Å². The molecule has 21 heavy (non-hydrogen) atoms. The number of hydrogen-bond donors (Lipinski definition) is 0. The SMILES string of the molecule is O=C(COc1ccc([N+](=O)[O-])cc1Cl)c1cc(Br)sc1Br. The van der Waals surface area contributed by atoms with Crippen LogP contribution in [0.3, 0.4) is 0 Å². The Morgan fingerprint density at radius 3 is 2.62 bits per heavy atom. The number of carbonyl (C=O) groups is 1. The van der Waals surface area contributed by atoms with Crippen LogP contribution in [0.5, 0.6) is 5.75 Å². The van der Waals surface area contributed by atoms with Gasteiger partial charge in [-0.05, 0) is 44.0 Å². The van der Waals surface area contributed by atoms with Crippen LogP contribution in [0, 0.1) is 10.1 Å². The third-order valence-electron chi connectivity index (χ3n) is 2.44. The van der Waals surface area contributed by atoms with Crippen LogP contribution < -0.4 is 4.74 Å². The first kappa shape index (κ1) is 16.4. The number of carbonyl (C=O) groups excluding carboxylic acids is 1. The molecular weight excluding hydrogens is 449 g/mol. The Balaban J connectivity index is 2.08. The van der Waals surface area contributed by atoms with E-state index in [2.05, 4.69) is 31.9 Å². The molecular formula is C12H6Br2ClNO4S. The lowest BCUT2D eigenvalue weighted by molar-refractivity contribution is -0.384. The number of non-ortho nitro benzene ring substituents is 1. The number of ketones is 1. The summed E-state index contributed by atoms with van der Waals surface area (Å²) < 4.78 is 6.85. The van der Waals surface area contributed by atoms with Gasteiger partial charge in [0.15, 0.2) is 6.61 Å². The molecule has 0 spiro atoms. The van der Waals surface area contributed by atoms with Gasteiger partial charge in [0.1, 0.15) is 5.75 Å². The summed E-state index contributed by atoms with van der Waals surface area (Å²) in [6.45, 7) is -0.209. The molecule has 0 unspecified atom stereocenters. The predicted molar refractivity (Wildman–Crippen MR) is 87.7 cm³/mol. The van der Waals surface area contributed by atoms with Gasteiger partial charge in [-0.25, -0.2) is 0 Å². The topological polar surface area (TPSA) is 69.4 Å². The molecule has 0 saturated heterocycles. The Morgan fingerprint density at radius 1 is 1.38 bits per heavy atom. The molecule has 0 fully saturated rings. The molecule has 0 N–H and O–H groups in total. The minimum Gasteiger partial charge on any atom is -0.484 e. The number of halogens is 3. The van der Waals surface area contributed by atoms with E-state index in [0.29, 0.717) is 9.35 Å². The average Bonchev–Trinajstić information content (AvgIpc) is 2.75. The van der Waals surface area contributed by atoms with Crippen LogP contribution >= 0.6 is 54.8 Å². The summed E-state index contributed by atoms with van der Waals surface area (Å²) in [6.07, 6.45) is 0. The van der Waals surface area contributed by atoms with E-state index in [-0.39, 0.29) is 28.8 Å². The van der Waals surface area contributed by atoms with Crippen LogP contribution in [0.25, 0.3) is 0 Å². The maximum absolute atomic E-state index is 12.0. The Bertz CT molecular complexity index is 719. The molecule has 0 aliphatic heterocycles. The van der Waals surface area contributed by atoms with Crippen molar-refractivity contribution < 1.29 is 14.5 Å². The van der Waals surface area contributed by atoms with Crippen molar-refractivity contribution in [2.24, 2.45) is 0 Å². The van der Waals surface area contributed by atoms with E-state index in [9.17, 15) is 14.9 Å². The molecule has 0 aliphatic carbocycles. The third-order valence-corrected chi connectivity index (χ3v) is 5.08. The lowest BCUT2D eigenvalue weighted by Gasteiger charge is -2.06. The molecule has 0 bridgehead atoms. The minimum atomic E-state index is -0.555. The number of nitro benzene ring substituents is 1. The zero-order valence-corrected chi connectivity index (χ0v) is 14.9. The van der Waals surface area contributed by atoms with E-state index >= 15 is 0 Å². The van der Waals surface area contributed by atoms with E-state index in [4.69, 9.17) is 16.3 Å². The number of Topliss-reactive ketones (excluding diaryl/α,β-unsaturated/α-hetero) is 1. The molecule has 1 aromatic heterocycles. The van der Waals surface area contributed by atoms with Crippen LogP contribution in [-0.4, -0.2) is 17.3 Å². The van der Waals surface area contributed by atoms with Gasteiger partial charge in [0.2, 0.25) is 5.78 Å². The summed E-state index contributed by atoms with van der Waals surface area (Å²) in [4.78, 5) is 22.1. The van der Waals surface area contributed by atoms with Crippen molar-refractivity contribution >= 4 is 66.3 Å². The normalized spacial score (nSPS) is 10.4. The van der Waals surface area contributed by atoms with E-state index in [0.717, 1.165) is 3.79 Å². The van der Waals surface area contributed by atoms with Crippen LogP contribution in [0.1, 0.15) is 10.4 Å². The summed E-state index contributed by atoms with van der Waals surface area (Å²) in [5, 5.41) is 10.7. The largest absolute Gasteiger partial charge is 0.484 e. The number of hydrogen-bond acceptors (Lipinski definition) is 5. The third kappa shape index (κ3) is 4.03. The van der Waals surface area contributed by atoms with Crippen LogP contribution in [-0.2, 0) is 0 Å². The lowest BCUT2D eigenvalue weighted by atomic mass is 10.2. The molecule has 0 saturated carbocycles. The first-order chi connectivity index (χ1) is 9.88. The fourth-order valence-electron chi connectivity index (χ4n) is 1.47. The summed E-state index contributed by atoms with van der Waals surface area (Å²) in [7, 11) is 0. The second kappa shape index (κ2) is 6.87. The highest BCUT2D eigenvalue weighted by Gasteiger charge is 2.16. The monoisotopic (exact) mass is 453 g/mol. The zero-order chi connectivity index (χ0) is 15.6. The molecule has 9 heteroatoms. The number of ether oxygens (including phenoxy) is 1. The molecule has 2 aromatic rings. The van der Waals surface area contributed by atoms with Crippen LogP contribution in [0.15, 0.2) is 31.8 Å². The van der Waals surface area contributed by atoms with Crippen LogP contribution in [0.2, 0.25) is 5.02 Å². The van der Waals surface area contributed by atoms with Crippen molar-refractivity contribution in [3.05, 3.63) is 52.5 Å². The fraction of sp³-hybridized carbons (Fsp3) is 0.0833. The van der Waals surface area contributed by atoms with Gasteiger partial charge >= 0.3 is 0 Å². The highest BCUT2D eigenvalue weighted by atomic mass is 79.9. The first-order valence-electron chi connectivity index (χ1n) is 5.43. The molecule has 110 valence electrons. The highest BCUT2D eigenvalue weighted by molar-refractivity contribution is 9.12. The van der Waals surface area contributed by atoms with E-state index < -0.39 is 4.92 Å². The number of rotatable bonds is 5. The number of benzene rings is 1. The molecule has 0 radical (unpaired) electrons. The number of thiophene rings is 1. The molecule has 1 heterocycles. The van der Waals surface area contributed by atoms with Crippen molar-refractivity contribution in [3.8, 4) is 5.75 Å². The molecule has 0 amide bonds. The predicted octanol–water partition coefficient (Wildman–Crippen LogP) is 5.10. The second-order valence-electron chi connectivity index (χ2n) is 3.82. The van der Waals surface area contributed by atoms with E-state index in [1.54, 1.807) is 6.07 Å². The molecule has 1 aromatic carbocycles. The Morgan fingerprint density at radius 2 is 2.10 bits per heavy atom. The minimum absolute atomic E-state index is 0.0857. The van der Waals surface area contributed by atoms with Crippen molar-refractivity contribution in [2.45, 2.75) is 0 Å². The number of nitrogens with zero attached hydrogens (tertiary/aromatic N) is 1. The van der Waals surface area contributed by atoms with Gasteiger partial charge in [-0.2, -0.15) is 0 Å². The highest BCUT2D eigenvalue weighted by Crippen LogP contribution is 2.33. The quantitative estimate of drug-likeness (QED) is 0.358. The molecule has 5 nitrogen and oxygen atoms in total. The lowest BCUT2D eigenvalue weighted by Crippen LogP contribution is -2.11. The number of nitro groups is 1. The summed E-state index contributed by atoms with van der Waals surface area (Å²) in [6, 6.07) is 5.51. The molecule has 0 atom stereocenters. The van der Waals surface area contributed by atoms with Gasteiger partial charge < -0.3 is 4.74 Å². The maximum atomic E-state index is 12.0. The molecule has 0 aliphatic rings. The van der Waals surface area contributed by atoms with Crippen LogP contribution in [0.4, 0.5) is 5.69 Å². The van der Waals surface area contributed by atoms with Crippen molar-refractivity contribution in [2.75, 3.05) is 6.61 Å². The molecule has 2 rings (SSSR count). The summed E-state index contributed by atoms with van der Waals surface area (Å²) in [5.74, 6) is -0.000668. The standard InChI is InChI=1S/C12H6Br2ClNO4S/c13-11-4-7(12(14)21-11)9(17)5-20-10-2-1-6(16(18)19)3-8(10)15/h1-4H,5H2. The van der Waals surface area contributed by atoms with Crippen molar-refractivity contribution in [1.29, 1.82) is 0 Å². The summed E-state index contributed by atoms with van der Waals surface area (Å²) >= 11 is 13.9. The van der Waals surface area contributed by atoms with Crippen molar-refractivity contribution in [3.63, 3.8) is 0 Å². The fourth-order valence-corrected chi connectivity index (χ4v) is 4.56. The smallest absolute Gasteiger partial charge is 0.271 e. The second-order valence-corrected chi connectivity index (χ2v) is 7.98. The Kier molecular flexibility index (Phi) is 5.37. The van der Waals surface area contributed by atoms with Gasteiger partial charge in [-0.3, -0.25) is 14.9 Å². The van der Waals surface area contributed by atoms with Crippen molar-refractivity contribution in [1.82, 2.24) is 0 Å². The Hall–Kier alpha value is -0.960. The zero-order valence-electron chi connectivity index (χ0n) is 10.1. The van der Waals surface area contributed by atoms with E-state index in [1.165, 1.54) is 29.5 Å². The maximum Gasteiger partial charge on any atom is 0.271 e. The average molecular weight is 456 g/mol. The first-order valence-corrected chi connectivity index (χ1v) is 8.21. The van der Waals surface area contributed by atoms with E-state index in [1.807, 2.05) is 0 Å². The van der Waals surface area contributed by atoms with Gasteiger partial charge in [0.05, 0.1) is 17.5 Å². The summed E-state index contributed by atoms with van der Waals surface area (Å²) in [5.41, 5.74) is 0.369. The van der Waals surface area contributed by atoms with Gasteiger partial charge in [-0.15, -0.1) is 11.3 Å². The Labute approximate surface area is 145 Å². The van der Waals surface area contributed by atoms with Gasteiger partial charge in [0.25, 0.3) is 5.69 Å². The van der Waals surface area contributed by atoms with Gasteiger partial charge in [-0.1, -0.05) is 11.6 Å².